The number of aryl methyl sites for hydroxylation is 1. The van der Waals surface area contributed by atoms with E-state index in [-0.39, 0.29) is 16.5 Å². The van der Waals surface area contributed by atoms with Gasteiger partial charge in [0.1, 0.15) is 0 Å². The van der Waals surface area contributed by atoms with Crippen LogP contribution in [-0.4, -0.2) is 18.1 Å². The van der Waals surface area contributed by atoms with Gasteiger partial charge < -0.3 is 14.8 Å². The maximum Gasteiger partial charge on any atom is 0.492 e. The highest BCUT2D eigenvalue weighted by Crippen LogP contribution is 2.46. The molecule has 0 saturated carbocycles. The van der Waals surface area contributed by atoms with E-state index in [2.05, 4.69) is 5.32 Å². The van der Waals surface area contributed by atoms with E-state index in [1.165, 1.54) is 18.2 Å². The molecule has 0 spiro atoms. The summed E-state index contributed by atoms with van der Waals surface area (Å²) in [6.45, 7) is 3.56. The largest absolute Gasteiger partial charge is 0.492 e. The minimum absolute atomic E-state index is 0.171. The Morgan fingerprint density at radius 1 is 1.12 bits per heavy atom. The second kappa shape index (κ2) is 6.28. The fraction of sp³-hybridized carbons (Fsp3) is 0.235. The summed E-state index contributed by atoms with van der Waals surface area (Å²) in [6.07, 6.45) is -5.04. The molecule has 0 saturated heterocycles. The van der Waals surface area contributed by atoms with Crippen LogP contribution in [0.15, 0.2) is 36.4 Å². The Morgan fingerprint density at radius 3 is 2.50 bits per heavy atom. The summed E-state index contributed by atoms with van der Waals surface area (Å²) in [7, 11) is 0. The van der Waals surface area contributed by atoms with Gasteiger partial charge >= 0.3 is 18.1 Å². The first-order valence-corrected chi connectivity index (χ1v) is 7.89. The summed E-state index contributed by atoms with van der Waals surface area (Å²) in [5.74, 6) is -3.75. The zero-order chi connectivity index (χ0) is 19.1. The molecule has 2 aromatic carbocycles. The minimum atomic E-state index is -5.04. The van der Waals surface area contributed by atoms with Crippen molar-refractivity contribution in [2.45, 2.75) is 25.9 Å². The fourth-order valence-electron chi connectivity index (χ4n) is 2.40. The van der Waals surface area contributed by atoms with Crippen LogP contribution >= 0.6 is 11.6 Å². The van der Waals surface area contributed by atoms with E-state index in [4.69, 9.17) is 21.1 Å². The van der Waals surface area contributed by atoms with Gasteiger partial charge in [-0.25, -0.2) is 4.79 Å². The number of carbonyl (C=O) groups is 1. The van der Waals surface area contributed by atoms with Gasteiger partial charge in [0.15, 0.2) is 11.5 Å². The van der Waals surface area contributed by atoms with Crippen LogP contribution in [0.1, 0.15) is 11.1 Å². The third-order valence-corrected chi connectivity index (χ3v) is 4.15. The van der Waals surface area contributed by atoms with Gasteiger partial charge in [-0.1, -0.05) is 23.7 Å². The zero-order valence-corrected chi connectivity index (χ0v) is 14.5. The van der Waals surface area contributed by atoms with Crippen molar-refractivity contribution in [2.24, 2.45) is 0 Å². The Hall–Kier alpha value is -2.61. The van der Waals surface area contributed by atoms with Gasteiger partial charge in [-0.05, 0) is 43.2 Å². The number of benzene rings is 2. The van der Waals surface area contributed by atoms with Crippen molar-refractivity contribution in [3.8, 4) is 11.5 Å². The van der Waals surface area contributed by atoms with Crippen LogP contribution in [0.2, 0.25) is 5.02 Å². The van der Waals surface area contributed by atoms with Crippen molar-refractivity contribution in [3.05, 3.63) is 52.5 Å². The average Bonchev–Trinajstić information content (AvgIpc) is 2.90. The highest BCUT2D eigenvalue weighted by atomic mass is 35.5. The van der Waals surface area contributed by atoms with Gasteiger partial charge in [-0.15, -0.1) is 0 Å². The van der Waals surface area contributed by atoms with Crippen LogP contribution in [0.25, 0.3) is 0 Å². The van der Waals surface area contributed by atoms with E-state index in [0.717, 1.165) is 11.1 Å². The Morgan fingerprint density at radius 2 is 1.81 bits per heavy atom. The molecule has 3 rings (SSSR count). The number of carbonyl (C=O) groups excluding carboxylic acids is 1. The van der Waals surface area contributed by atoms with Gasteiger partial charge in [0, 0.05) is 16.8 Å². The van der Waals surface area contributed by atoms with E-state index < -0.39 is 18.1 Å². The number of alkyl halides is 3. The molecule has 1 atom stereocenters. The van der Waals surface area contributed by atoms with Crippen molar-refractivity contribution in [1.82, 2.24) is 5.32 Å². The van der Waals surface area contributed by atoms with Crippen molar-refractivity contribution >= 4 is 23.3 Å². The predicted molar refractivity (Wildman–Crippen MR) is 89.6 cm³/mol. The first-order valence-electron chi connectivity index (χ1n) is 7.51. The molecule has 1 aliphatic heterocycles. The molecule has 0 aromatic heterocycles. The molecule has 0 fully saturated rings. The molecule has 138 valence electrons. The predicted octanol–water partition coefficient (Wildman–Crippen LogP) is 4.77. The maximum absolute atomic E-state index is 13.6. The molecule has 2 N–H and O–H groups in total. The number of urea groups is 1. The highest BCUT2D eigenvalue weighted by Gasteiger charge is 2.65. The van der Waals surface area contributed by atoms with Crippen molar-refractivity contribution in [1.29, 1.82) is 0 Å². The Labute approximate surface area is 152 Å². The van der Waals surface area contributed by atoms with Gasteiger partial charge in [-0.3, -0.25) is 5.32 Å². The average molecular weight is 387 g/mol. The number of ether oxygens (including phenoxy) is 2. The molecule has 2 aromatic rings. The number of amides is 2. The molecule has 0 aliphatic carbocycles. The summed E-state index contributed by atoms with van der Waals surface area (Å²) in [4.78, 5) is 12.2. The SMILES string of the molecule is Cc1cccc(NC(=O)N[C@]2(C(F)(F)F)Oc3ccc(Cl)cc3O2)c1C. The van der Waals surface area contributed by atoms with Crippen LogP contribution in [0.5, 0.6) is 11.5 Å². The number of hydrogen-bond donors (Lipinski definition) is 2. The molecular formula is C17H14ClF3N2O3. The number of fused-ring (bicyclic) bond motifs is 1. The van der Waals surface area contributed by atoms with E-state index >= 15 is 0 Å². The number of nitrogens with one attached hydrogen (secondary N) is 2. The number of anilines is 1. The van der Waals surface area contributed by atoms with Crippen molar-refractivity contribution in [3.63, 3.8) is 0 Å². The number of hydrogen-bond acceptors (Lipinski definition) is 3. The van der Waals surface area contributed by atoms with Crippen molar-refractivity contribution < 1.29 is 27.4 Å². The first-order chi connectivity index (χ1) is 12.1. The summed E-state index contributed by atoms with van der Waals surface area (Å²) in [6, 6.07) is 7.70. The molecule has 1 aliphatic rings. The van der Waals surface area contributed by atoms with E-state index in [9.17, 15) is 18.0 Å². The first kappa shape index (κ1) is 18.2. The van der Waals surface area contributed by atoms with Crippen molar-refractivity contribution in [2.75, 3.05) is 5.32 Å². The minimum Gasteiger partial charge on any atom is -0.424 e. The van der Waals surface area contributed by atoms with Crippen LogP contribution in [0.4, 0.5) is 23.7 Å². The molecular weight excluding hydrogens is 373 g/mol. The number of halogens is 4. The van der Waals surface area contributed by atoms with E-state index in [1.54, 1.807) is 24.4 Å². The van der Waals surface area contributed by atoms with Gasteiger partial charge in [-0.2, -0.15) is 13.2 Å². The lowest BCUT2D eigenvalue weighted by Crippen LogP contribution is -2.65. The quantitative estimate of drug-likeness (QED) is 0.782. The molecule has 5 nitrogen and oxygen atoms in total. The van der Waals surface area contributed by atoms with Gasteiger partial charge in [0.2, 0.25) is 0 Å². The van der Waals surface area contributed by atoms with Crippen LogP contribution in [0, 0.1) is 13.8 Å². The lowest BCUT2D eigenvalue weighted by Gasteiger charge is -2.29. The zero-order valence-electron chi connectivity index (χ0n) is 13.7. The third kappa shape index (κ3) is 3.24. The van der Waals surface area contributed by atoms with Crippen LogP contribution in [-0.2, 0) is 0 Å². The lowest BCUT2D eigenvalue weighted by molar-refractivity contribution is -0.317. The van der Waals surface area contributed by atoms with Gasteiger partial charge in [0.05, 0.1) is 0 Å². The molecule has 0 unspecified atom stereocenters. The summed E-state index contributed by atoms with van der Waals surface area (Å²) in [5, 5.41) is 4.28. The molecule has 1 heterocycles. The van der Waals surface area contributed by atoms with Crippen LogP contribution < -0.4 is 20.1 Å². The maximum atomic E-state index is 13.6. The van der Waals surface area contributed by atoms with Gasteiger partial charge in [0.25, 0.3) is 0 Å². The normalized spacial score (nSPS) is 18.5. The monoisotopic (exact) mass is 386 g/mol. The summed E-state index contributed by atoms with van der Waals surface area (Å²) < 4.78 is 50.6. The molecule has 2 amide bonds. The Kier molecular flexibility index (Phi) is 4.39. The summed E-state index contributed by atoms with van der Waals surface area (Å²) >= 11 is 5.76. The van der Waals surface area contributed by atoms with E-state index in [1.807, 2.05) is 13.0 Å². The van der Waals surface area contributed by atoms with Crippen LogP contribution in [0.3, 0.4) is 0 Å². The molecule has 0 bridgehead atoms. The second-order valence-electron chi connectivity index (χ2n) is 5.74. The second-order valence-corrected chi connectivity index (χ2v) is 6.17. The fourth-order valence-corrected chi connectivity index (χ4v) is 2.57. The van der Waals surface area contributed by atoms with E-state index in [0.29, 0.717) is 5.69 Å². The molecule has 9 heteroatoms. The smallest absolute Gasteiger partial charge is 0.424 e. The Bertz CT molecular complexity index is 873. The standard InChI is InChI=1S/C17H14ClF3N2O3/c1-9-4-3-5-12(10(9)2)22-15(24)23-17(16(19,20)21)25-13-7-6-11(18)8-14(13)26-17/h3-8H,1-2H3,(H2,22,23,24)/t17-/m1/s1. The third-order valence-electron chi connectivity index (χ3n) is 3.92. The Balaban J connectivity index is 1.85. The summed E-state index contributed by atoms with van der Waals surface area (Å²) in [5.41, 5.74) is 1.98. The topological polar surface area (TPSA) is 59.6 Å². The molecule has 26 heavy (non-hydrogen) atoms. The number of rotatable bonds is 2. The highest BCUT2D eigenvalue weighted by molar-refractivity contribution is 6.30. The molecule has 0 radical (unpaired) electrons. The lowest BCUT2D eigenvalue weighted by atomic mass is 10.1.